The van der Waals surface area contributed by atoms with E-state index in [4.69, 9.17) is 4.98 Å². The van der Waals surface area contributed by atoms with E-state index in [2.05, 4.69) is 67.3 Å². The number of unbranched alkanes of at least 4 members (excludes halogenated alkanes) is 4. The number of rotatable bonds is 12. The van der Waals surface area contributed by atoms with Crippen LogP contribution in [0.1, 0.15) is 137 Å². The number of nitrogens with one attached hydrogen (secondary N) is 1. The van der Waals surface area contributed by atoms with Crippen molar-refractivity contribution in [2.45, 2.75) is 130 Å². The van der Waals surface area contributed by atoms with Crippen LogP contribution in [0, 0.1) is 5.92 Å². The predicted molar refractivity (Wildman–Crippen MR) is 116 cm³/mol. The molecule has 1 unspecified atom stereocenters. The quantitative estimate of drug-likeness (QED) is 0.376. The van der Waals surface area contributed by atoms with Gasteiger partial charge in [0.15, 0.2) is 0 Å². The Morgan fingerprint density at radius 3 is 1.77 bits per heavy atom. The monoisotopic (exact) mass is 362 g/mol. The number of aromatic amines is 1. The number of aromatic nitrogens is 2. The molecular weight excluding hydrogens is 316 g/mol. The average molecular weight is 363 g/mol. The number of hydrogen-bond acceptors (Lipinski definition) is 1. The van der Waals surface area contributed by atoms with E-state index in [1.807, 2.05) is 0 Å². The largest absolute Gasteiger partial charge is 0.345 e. The Bertz CT molecular complexity index is 483. The molecular formula is C24H46N2. The van der Waals surface area contributed by atoms with Gasteiger partial charge in [0.25, 0.3) is 0 Å². The Hall–Kier alpha value is -0.790. The van der Waals surface area contributed by atoms with Crippen molar-refractivity contribution in [2.24, 2.45) is 5.92 Å². The molecule has 0 amide bonds. The van der Waals surface area contributed by atoms with Gasteiger partial charge in [-0.05, 0) is 18.8 Å². The van der Waals surface area contributed by atoms with Crippen LogP contribution >= 0.6 is 0 Å². The molecule has 0 radical (unpaired) electrons. The highest BCUT2D eigenvalue weighted by Crippen LogP contribution is 2.39. The van der Waals surface area contributed by atoms with E-state index >= 15 is 0 Å². The molecule has 1 aromatic rings. The van der Waals surface area contributed by atoms with Gasteiger partial charge in [-0.15, -0.1) is 0 Å². The van der Waals surface area contributed by atoms with Gasteiger partial charge < -0.3 is 4.98 Å². The molecule has 1 rings (SSSR count). The van der Waals surface area contributed by atoms with Gasteiger partial charge in [0.2, 0.25) is 0 Å². The smallest absolute Gasteiger partial charge is 0.109 e. The van der Waals surface area contributed by atoms with Crippen LogP contribution in [0.3, 0.4) is 0 Å². The van der Waals surface area contributed by atoms with Crippen molar-refractivity contribution in [1.82, 2.24) is 9.97 Å². The van der Waals surface area contributed by atoms with Gasteiger partial charge >= 0.3 is 0 Å². The third-order valence-electron chi connectivity index (χ3n) is 6.28. The molecule has 0 aromatic carbocycles. The topological polar surface area (TPSA) is 28.7 Å². The van der Waals surface area contributed by atoms with E-state index in [0.29, 0.717) is 11.8 Å². The van der Waals surface area contributed by atoms with Crippen LogP contribution < -0.4 is 0 Å². The highest BCUT2D eigenvalue weighted by Gasteiger charge is 2.35. The zero-order valence-corrected chi connectivity index (χ0v) is 19.3. The van der Waals surface area contributed by atoms with Crippen molar-refractivity contribution in [2.75, 3.05) is 0 Å². The Morgan fingerprint density at radius 2 is 1.31 bits per heavy atom. The minimum atomic E-state index is 0.137. The van der Waals surface area contributed by atoms with E-state index in [0.717, 1.165) is 0 Å². The van der Waals surface area contributed by atoms with Crippen molar-refractivity contribution in [3.63, 3.8) is 0 Å². The van der Waals surface area contributed by atoms with Crippen LogP contribution in [0.15, 0.2) is 0 Å². The van der Waals surface area contributed by atoms with E-state index in [-0.39, 0.29) is 10.8 Å². The summed E-state index contributed by atoms with van der Waals surface area (Å²) in [4.78, 5) is 9.04. The van der Waals surface area contributed by atoms with Crippen LogP contribution in [-0.4, -0.2) is 9.97 Å². The van der Waals surface area contributed by atoms with Crippen molar-refractivity contribution in [3.8, 4) is 0 Å². The first-order valence-corrected chi connectivity index (χ1v) is 11.2. The van der Waals surface area contributed by atoms with Gasteiger partial charge in [-0.2, -0.15) is 0 Å². The van der Waals surface area contributed by atoms with Crippen LogP contribution in [-0.2, 0) is 10.8 Å². The second kappa shape index (κ2) is 9.95. The predicted octanol–water partition coefficient (Wildman–Crippen LogP) is 7.89. The Balaban J connectivity index is 3.23. The summed E-state index contributed by atoms with van der Waals surface area (Å²) >= 11 is 0. The average Bonchev–Trinajstić information content (AvgIpc) is 3.01. The molecule has 1 aromatic heterocycles. The number of hydrogen-bond donors (Lipinski definition) is 1. The SMILES string of the molecule is CCCCCC(C)(C)c1nc(C(C)C(C)C)[nH]c1C(C)(C)CCCCC. The normalized spacial score (nSPS) is 14.2. The zero-order valence-electron chi connectivity index (χ0n) is 19.3. The lowest BCUT2D eigenvalue weighted by atomic mass is 9.75. The van der Waals surface area contributed by atoms with Crippen LogP contribution in [0.5, 0.6) is 0 Å². The van der Waals surface area contributed by atoms with Gasteiger partial charge in [0.1, 0.15) is 5.82 Å². The molecule has 0 fully saturated rings. The molecule has 2 nitrogen and oxygen atoms in total. The maximum atomic E-state index is 5.22. The third-order valence-corrected chi connectivity index (χ3v) is 6.28. The van der Waals surface area contributed by atoms with Crippen molar-refractivity contribution in [1.29, 1.82) is 0 Å². The highest BCUT2D eigenvalue weighted by atomic mass is 15.0. The molecule has 0 aliphatic carbocycles. The number of H-pyrrole nitrogens is 1. The lowest BCUT2D eigenvalue weighted by Crippen LogP contribution is -2.26. The first-order valence-electron chi connectivity index (χ1n) is 11.2. The molecule has 0 saturated heterocycles. The molecule has 26 heavy (non-hydrogen) atoms. The van der Waals surface area contributed by atoms with Crippen molar-refractivity contribution < 1.29 is 0 Å². The molecule has 0 aliphatic rings. The van der Waals surface area contributed by atoms with Gasteiger partial charge in [0, 0.05) is 22.4 Å². The summed E-state index contributed by atoms with van der Waals surface area (Å²) < 4.78 is 0. The molecule has 0 spiro atoms. The summed E-state index contributed by atoms with van der Waals surface area (Å²) in [6.45, 7) is 21.1. The molecule has 0 aliphatic heterocycles. The summed E-state index contributed by atoms with van der Waals surface area (Å²) in [5, 5.41) is 0. The summed E-state index contributed by atoms with van der Waals surface area (Å²) in [7, 11) is 0. The van der Waals surface area contributed by atoms with E-state index in [1.165, 1.54) is 68.6 Å². The van der Waals surface area contributed by atoms with Crippen molar-refractivity contribution >= 4 is 0 Å². The van der Waals surface area contributed by atoms with Gasteiger partial charge in [-0.25, -0.2) is 4.98 Å². The Labute approximate surface area is 164 Å². The minimum absolute atomic E-state index is 0.137. The molecule has 152 valence electrons. The van der Waals surface area contributed by atoms with Crippen LogP contribution in [0.4, 0.5) is 0 Å². The van der Waals surface area contributed by atoms with E-state index < -0.39 is 0 Å². The minimum Gasteiger partial charge on any atom is -0.345 e. The fourth-order valence-electron chi connectivity index (χ4n) is 3.78. The summed E-state index contributed by atoms with van der Waals surface area (Å²) in [5.74, 6) is 2.27. The van der Waals surface area contributed by atoms with Crippen LogP contribution in [0.25, 0.3) is 0 Å². The van der Waals surface area contributed by atoms with Gasteiger partial charge in [0.05, 0.1) is 5.69 Å². The molecule has 1 atom stereocenters. The van der Waals surface area contributed by atoms with E-state index in [1.54, 1.807) is 0 Å². The second-order valence-corrected chi connectivity index (χ2v) is 10.1. The second-order valence-electron chi connectivity index (χ2n) is 10.1. The lowest BCUT2D eigenvalue weighted by Gasteiger charge is -2.30. The third kappa shape index (κ3) is 6.13. The zero-order chi connectivity index (χ0) is 20.0. The molecule has 2 heteroatoms. The number of imidazole rings is 1. The molecule has 0 bridgehead atoms. The van der Waals surface area contributed by atoms with E-state index in [9.17, 15) is 0 Å². The first kappa shape index (κ1) is 23.2. The fourth-order valence-corrected chi connectivity index (χ4v) is 3.78. The maximum Gasteiger partial charge on any atom is 0.109 e. The summed E-state index contributed by atoms with van der Waals surface area (Å²) in [5.41, 5.74) is 3.03. The van der Waals surface area contributed by atoms with Crippen LogP contribution in [0.2, 0.25) is 0 Å². The highest BCUT2D eigenvalue weighted by molar-refractivity contribution is 5.30. The standard InChI is InChI=1S/C24H46N2/c1-10-12-14-16-23(6,7)20-21(24(8,9)17-15-13-11-2)26-22(25-20)19(5)18(3)4/h18-19H,10-17H2,1-9H3,(H,25,26). The fraction of sp³-hybridized carbons (Fsp3) is 0.875. The van der Waals surface area contributed by atoms with Gasteiger partial charge in [-0.1, -0.05) is 101 Å². The Morgan fingerprint density at radius 1 is 0.808 bits per heavy atom. The molecule has 1 heterocycles. The summed E-state index contributed by atoms with van der Waals surface area (Å²) in [6, 6.07) is 0. The summed E-state index contributed by atoms with van der Waals surface area (Å²) in [6.07, 6.45) is 10.2. The number of nitrogens with zero attached hydrogens (tertiary/aromatic N) is 1. The lowest BCUT2D eigenvalue weighted by molar-refractivity contribution is 0.399. The maximum absolute atomic E-state index is 5.22. The van der Waals surface area contributed by atoms with Gasteiger partial charge in [-0.3, -0.25) is 0 Å². The molecule has 1 N–H and O–H groups in total. The Kier molecular flexibility index (Phi) is 8.89. The van der Waals surface area contributed by atoms with Crippen molar-refractivity contribution in [3.05, 3.63) is 17.2 Å². The first-order chi connectivity index (χ1) is 12.1. The molecule has 0 saturated carbocycles.